The van der Waals surface area contributed by atoms with Gasteiger partial charge in [0.1, 0.15) is 11.4 Å². The molecule has 2 N–H and O–H groups in total. The fourth-order valence-corrected chi connectivity index (χ4v) is 1.44. The molecule has 0 saturated heterocycles. The second-order valence-electron chi connectivity index (χ2n) is 3.55. The number of carboxylic acids is 1. The van der Waals surface area contributed by atoms with E-state index in [4.69, 9.17) is 16.7 Å². The van der Waals surface area contributed by atoms with Crippen LogP contribution in [0.5, 0.6) is 0 Å². The molecule has 0 spiro atoms. The Bertz CT molecular complexity index is 628. The molecule has 0 aromatic carbocycles. The minimum atomic E-state index is -1.17. The third-order valence-corrected chi connectivity index (χ3v) is 2.42. The van der Waals surface area contributed by atoms with Gasteiger partial charge in [-0.25, -0.2) is 14.8 Å². The summed E-state index contributed by atoms with van der Waals surface area (Å²) in [6.07, 6.45) is 2.65. The fourth-order valence-electron chi connectivity index (χ4n) is 1.33. The number of pyridine rings is 2. The lowest BCUT2D eigenvalue weighted by Gasteiger charge is -2.05. The van der Waals surface area contributed by atoms with Crippen molar-refractivity contribution >= 4 is 29.2 Å². The lowest BCUT2D eigenvalue weighted by molar-refractivity contribution is 0.0690. The van der Waals surface area contributed by atoms with Gasteiger partial charge in [0.05, 0.1) is 5.02 Å². The molecule has 2 rings (SSSR count). The van der Waals surface area contributed by atoms with Crippen molar-refractivity contribution in [3.05, 3.63) is 53.1 Å². The highest BCUT2D eigenvalue weighted by atomic mass is 35.5. The molecule has 2 heterocycles. The number of anilines is 1. The number of carboxylic acid groups (broad SMARTS) is 1. The predicted molar refractivity (Wildman–Crippen MR) is 68.4 cm³/mol. The van der Waals surface area contributed by atoms with Gasteiger partial charge in [0, 0.05) is 18.1 Å². The van der Waals surface area contributed by atoms with Crippen LogP contribution in [0, 0.1) is 0 Å². The van der Waals surface area contributed by atoms with Crippen LogP contribution in [-0.4, -0.2) is 27.0 Å². The van der Waals surface area contributed by atoms with E-state index in [1.165, 1.54) is 30.6 Å². The largest absolute Gasteiger partial charge is 0.477 e. The number of halogens is 1. The molecule has 0 aliphatic carbocycles. The van der Waals surface area contributed by atoms with Gasteiger partial charge >= 0.3 is 5.97 Å². The topological polar surface area (TPSA) is 92.2 Å². The fraction of sp³-hybridized carbons (Fsp3) is 0. The van der Waals surface area contributed by atoms with E-state index in [-0.39, 0.29) is 11.4 Å². The van der Waals surface area contributed by atoms with Crippen LogP contribution in [0.15, 0.2) is 36.7 Å². The number of carbonyl (C=O) groups excluding carboxylic acids is 1. The summed E-state index contributed by atoms with van der Waals surface area (Å²) < 4.78 is 0. The van der Waals surface area contributed by atoms with Crippen molar-refractivity contribution in [3.63, 3.8) is 0 Å². The monoisotopic (exact) mass is 277 g/mol. The van der Waals surface area contributed by atoms with Crippen molar-refractivity contribution in [2.45, 2.75) is 0 Å². The number of nitrogens with one attached hydrogen (secondary N) is 1. The molecule has 0 atom stereocenters. The summed E-state index contributed by atoms with van der Waals surface area (Å²) in [5.41, 5.74) is 0.356. The molecule has 19 heavy (non-hydrogen) atoms. The number of hydrogen-bond acceptors (Lipinski definition) is 4. The second-order valence-corrected chi connectivity index (χ2v) is 3.99. The van der Waals surface area contributed by atoms with E-state index in [2.05, 4.69) is 15.3 Å². The first kappa shape index (κ1) is 13.0. The van der Waals surface area contributed by atoms with Crippen molar-refractivity contribution in [1.82, 2.24) is 9.97 Å². The van der Waals surface area contributed by atoms with Gasteiger partial charge in [0.2, 0.25) is 0 Å². The molecule has 2 aromatic heterocycles. The van der Waals surface area contributed by atoms with E-state index in [9.17, 15) is 9.59 Å². The number of rotatable bonds is 3. The molecule has 0 aliphatic rings. The van der Waals surface area contributed by atoms with Gasteiger partial charge in [-0.3, -0.25) is 4.79 Å². The van der Waals surface area contributed by atoms with Crippen LogP contribution in [0.25, 0.3) is 0 Å². The first-order chi connectivity index (χ1) is 9.06. The Balaban J connectivity index is 2.17. The van der Waals surface area contributed by atoms with Crippen molar-refractivity contribution in [2.24, 2.45) is 0 Å². The molecule has 0 saturated carbocycles. The summed E-state index contributed by atoms with van der Waals surface area (Å²) in [7, 11) is 0. The van der Waals surface area contributed by atoms with Crippen LogP contribution in [0.1, 0.15) is 21.0 Å². The van der Waals surface area contributed by atoms with Crippen LogP contribution in [-0.2, 0) is 0 Å². The molecule has 2 aromatic rings. The molecule has 0 radical (unpaired) electrons. The molecular weight excluding hydrogens is 270 g/mol. The van der Waals surface area contributed by atoms with Gasteiger partial charge in [-0.1, -0.05) is 11.6 Å². The summed E-state index contributed by atoms with van der Waals surface area (Å²) in [4.78, 5) is 30.1. The van der Waals surface area contributed by atoms with Gasteiger partial charge in [-0.15, -0.1) is 0 Å². The maximum Gasteiger partial charge on any atom is 0.354 e. The maximum atomic E-state index is 11.8. The predicted octanol–water partition coefficient (Wildman–Crippen LogP) is 2.08. The SMILES string of the molecule is O=C(O)c1cc(NC(=O)c2ccc(Cl)cn2)ccn1. The van der Waals surface area contributed by atoms with Crippen LogP contribution < -0.4 is 5.32 Å². The third kappa shape index (κ3) is 3.26. The maximum absolute atomic E-state index is 11.8. The average Bonchev–Trinajstić information content (AvgIpc) is 2.39. The standard InChI is InChI=1S/C12H8ClN3O3/c13-7-1-2-9(15-6-7)11(17)16-8-3-4-14-10(5-8)12(18)19/h1-6H,(H,18,19)(H,14,16,17). The normalized spacial score (nSPS) is 9.95. The van der Waals surface area contributed by atoms with Crippen molar-refractivity contribution < 1.29 is 14.7 Å². The smallest absolute Gasteiger partial charge is 0.354 e. The summed E-state index contributed by atoms with van der Waals surface area (Å²) in [5.74, 6) is -1.63. The van der Waals surface area contributed by atoms with Gasteiger partial charge in [-0.05, 0) is 24.3 Å². The Morgan fingerprint density at radius 1 is 1.16 bits per heavy atom. The number of hydrogen-bond donors (Lipinski definition) is 2. The zero-order valence-electron chi connectivity index (χ0n) is 9.50. The zero-order chi connectivity index (χ0) is 13.8. The second kappa shape index (κ2) is 5.45. The van der Waals surface area contributed by atoms with E-state index in [1.54, 1.807) is 6.07 Å². The number of amides is 1. The van der Waals surface area contributed by atoms with Gasteiger partial charge in [-0.2, -0.15) is 0 Å². The molecule has 0 fully saturated rings. The minimum Gasteiger partial charge on any atom is -0.477 e. The average molecular weight is 278 g/mol. The van der Waals surface area contributed by atoms with Gasteiger partial charge in [0.25, 0.3) is 5.91 Å². The van der Waals surface area contributed by atoms with E-state index in [0.717, 1.165) is 0 Å². The number of carbonyl (C=O) groups is 2. The Morgan fingerprint density at radius 2 is 1.95 bits per heavy atom. The number of aromatic nitrogens is 2. The van der Waals surface area contributed by atoms with Crippen LogP contribution in [0.3, 0.4) is 0 Å². The van der Waals surface area contributed by atoms with Gasteiger partial charge < -0.3 is 10.4 Å². The minimum absolute atomic E-state index is 0.151. The Morgan fingerprint density at radius 3 is 2.58 bits per heavy atom. The molecule has 0 unspecified atom stereocenters. The molecule has 6 nitrogen and oxygen atoms in total. The summed E-state index contributed by atoms with van der Waals surface area (Å²) in [6.45, 7) is 0. The molecular formula is C12H8ClN3O3. The van der Waals surface area contributed by atoms with Crippen LogP contribution >= 0.6 is 11.6 Å². The summed E-state index contributed by atoms with van der Waals surface area (Å²) in [5, 5.41) is 11.7. The first-order valence-corrected chi connectivity index (χ1v) is 5.56. The van der Waals surface area contributed by atoms with E-state index in [1.807, 2.05) is 0 Å². The van der Waals surface area contributed by atoms with E-state index < -0.39 is 11.9 Å². The lowest BCUT2D eigenvalue weighted by Crippen LogP contribution is -2.14. The number of aromatic carboxylic acids is 1. The molecule has 7 heteroatoms. The molecule has 1 amide bonds. The highest BCUT2D eigenvalue weighted by Gasteiger charge is 2.10. The highest BCUT2D eigenvalue weighted by molar-refractivity contribution is 6.30. The zero-order valence-corrected chi connectivity index (χ0v) is 10.3. The molecule has 0 bridgehead atoms. The third-order valence-electron chi connectivity index (χ3n) is 2.20. The summed E-state index contributed by atoms with van der Waals surface area (Å²) in [6, 6.07) is 5.76. The Kier molecular flexibility index (Phi) is 3.72. The summed E-state index contributed by atoms with van der Waals surface area (Å²) >= 11 is 5.66. The van der Waals surface area contributed by atoms with Crippen molar-refractivity contribution in [1.29, 1.82) is 0 Å². The van der Waals surface area contributed by atoms with Crippen molar-refractivity contribution in [2.75, 3.05) is 5.32 Å². The number of nitrogens with zero attached hydrogens (tertiary/aromatic N) is 2. The lowest BCUT2D eigenvalue weighted by atomic mass is 10.3. The van der Waals surface area contributed by atoms with E-state index >= 15 is 0 Å². The Labute approximate surface area is 113 Å². The first-order valence-electron chi connectivity index (χ1n) is 5.18. The Hall–Kier alpha value is -2.47. The van der Waals surface area contributed by atoms with Crippen LogP contribution in [0.4, 0.5) is 5.69 Å². The van der Waals surface area contributed by atoms with Crippen molar-refractivity contribution in [3.8, 4) is 0 Å². The molecule has 0 aliphatic heterocycles. The van der Waals surface area contributed by atoms with E-state index in [0.29, 0.717) is 10.7 Å². The van der Waals surface area contributed by atoms with Gasteiger partial charge in [0.15, 0.2) is 0 Å². The van der Waals surface area contributed by atoms with Crippen LogP contribution in [0.2, 0.25) is 5.02 Å². The highest BCUT2D eigenvalue weighted by Crippen LogP contribution is 2.11. The quantitative estimate of drug-likeness (QED) is 0.896. The molecule has 96 valence electrons.